The molecule has 0 saturated carbocycles. The molecule has 0 bridgehead atoms. The van der Waals surface area contributed by atoms with Gasteiger partial charge in [0.25, 0.3) is 0 Å². The molecule has 1 N–H and O–H groups in total. The Morgan fingerprint density at radius 2 is 1.71 bits per heavy atom. The van der Waals surface area contributed by atoms with E-state index in [1.54, 1.807) is 0 Å². The van der Waals surface area contributed by atoms with E-state index in [1.165, 1.54) is 12.8 Å². The molecular weight excluding hydrogens is 256 g/mol. The minimum absolute atomic E-state index is 0.169. The van der Waals surface area contributed by atoms with E-state index in [2.05, 4.69) is 64.1 Å². The van der Waals surface area contributed by atoms with Crippen LogP contribution in [0.15, 0.2) is 38.0 Å². The van der Waals surface area contributed by atoms with Crippen molar-refractivity contribution >= 4 is 0 Å². The van der Waals surface area contributed by atoms with Gasteiger partial charge in [0.05, 0.1) is 25.2 Å². The maximum Gasteiger partial charge on any atom is 0.108 e. The Hall–Kier alpha value is -0.860. The quantitative estimate of drug-likeness (QED) is 0.501. The Kier molecular flexibility index (Phi) is 6.89. The van der Waals surface area contributed by atoms with E-state index in [1.807, 2.05) is 0 Å². The molecule has 0 amide bonds. The summed E-state index contributed by atoms with van der Waals surface area (Å²) in [6.45, 7) is 23.2. The second-order valence-electron chi connectivity index (χ2n) is 6.81. The third-order valence-corrected chi connectivity index (χ3v) is 5.56. The van der Waals surface area contributed by atoms with Crippen LogP contribution < -0.4 is 5.32 Å². The van der Waals surface area contributed by atoms with E-state index < -0.39 is 0 Å². The first-order valence-corrected chi connectivity index (χ1v) is 8.44. The lowest BCUT2D eigenvalue weighted by atomic mass is 9.73. The number of rotatable bonds is 9. The van der Waals surface area contributed by atoms with Crippen molar-refractivity contribution in [3.63, 3.8) is 0 Å². The van der Waals surface area contributed by atoms with Crippen molar-refractivity contribution in [2.24, 2.45) is 5.92 Å². The molecule has 3 atom stereocenters. The predicted octanol–water partition coefficient (Wildman–Crippen LogP) is 3.92. The van der Waals surface area contributed by atoms with Crippen LogP contribution in [0, 0.1) is 5.92 Å². The molecule has 0 aliphatic carbocycles. The second kappa shape index (κ2) is 7.95. The lowest BCUT2D eigenvalue weighted by molar-refractivity contribution is -0.940. The van der Waals surface area contributed by atoms with E-state index >= 15 is 0 Å². The average molecular weight is 292 g/mol. The Bertz CT molecular complexity index is 334. The molecule has 120 valence electrons. The van der Waals surface area contributed by atoms with Crippen molar-refractivity contribution in [3.8, 4) is 0 Å². The third kappa shape index (κ3) is 3.67. The Balaban J connectivity index is 3.23. The van der Waals surface area contributed by atoms with Crippen LogP contribution in [0.25, 0.3) is 0 Å². The highest BCUT2D eigenvalue weighted by molar-refractivity contribution is 4.99. The Labute approximate surface area is 132 Å². The van der Waals surface area contributed by atoms with E-state index in [9.17, 15) is 0 Å². The largest absolute Gasteiger partial charge is 0.310 e. The molecule has 1 rings (SSSR count). The normalized spacial score (nSPS) is 27.9. The summed E-state index contributed by atoms with van der Waals surface area (Å²) >= 11 is 0. The Morgan fingerprint density at radius 3 is 2.10 bits per heavy atom. The van der Waals surface area contributed by atoms with Crippen LogP contribution in [0.5, 0.6) is 0 Å². The summed E-state index contributed by atoms with van der Waals surface area (Å²) < 4.78 is 0.987. The maximum atomic E-state index is 4.01. The van der Waals surface area contributed by atoms with Crippen molar-refractivity contribution in [2.45, 2.75) is 51.6 Å². The van der Waals surface area contributed by atoms with Crippen molar-refractivity contribution in [1.82, 2.24) is 5.32 Å². The predicted molar refractivity (Wildman–Crippen MR) is 94.3 cm³/mol. The molecule has 0 radical (unpaired) electrons. The minimum atomic E-state index is 0.169. The molecule has 0 aromatic heterocycles. The van der Waals surface area contributed by atoms with Gasteiger partial charge in [-0.15, -0.1) is 0 Å². The van der Waals surface area contributed by atoms with Crippen LogP contribution >= 0.6 is 0 Å². The van der Waals surface area contributed by atoms with Gasteiger partial charge >= 0.3 is 0 Å². The smallest absolute Gasteiger partial charge is 0.108 e. The molecule has 21 heavy (non-hydrogen) atoms. The van der Waals surface area contributed by atoms with Crippen LogP contribution in [-0.4, -0.2) is 42.2 Å². The van der Waals surface area contributed by atoms with Crippen LogP contribution in [0.1, 0.15) is 40.0 Å². The number of quaternary nitrogens is 1. The summed E-state index contributed by atoms with van der Waals surface area (Å²) in [6.07, 6.45) is 9.95. The fourth-order valence-corrected chi connectivity index (χ4v) is 4.44. The zero-order chi connectivity index (χ0) is 15.9. The summed E-state index contributed by atoms with van der Waals surface area (Å²) in [7, 11) is 0. The SMILES string of the molecule is C=CC[N+](CC=C)(CC=C)C(CC)C1(C)NCCCC1C. The van der Waals surface area contributed by atoms with Gasteiger partial charge in [0.2, 0.25) is 0 Å². The number of nitrogens with one attached hydrogen (secondary N) is 1. The molecule has 0 aromatic rings. The highest BCUT2D eigenvalue weighted by atomic mass is 15.4. The van der Waals surface area contributed by atoms with Gasteiger partial charge in [-0.1, -0.05) is 33.6 Å². The molecule has 1 saturated heterocycles. The van der Waals surface area contributed by atoms with Gasteiger partial charge in [0.15, 0.2) is 0 Å². The molecule has 2 nitrogen and oxygen atoms in total. The summed E-state index contributed by atoms with van der Waals surface area (Å²) in [5, 5.41) is 3.86. The topological polar surface area (TPSA) is 12.0 Å². The van der Waals surface area contributed by atoms with E-state index in [-0.39, 0.29) is 5.54 Å². The second-order valence-corrected chi connectivity index (χ2v) is 6.81. The molecule has 0 aromatic carbocycles. The number of piperidine rings is 1. The molecule has 1 aliphatic heterocycles. The molecule has 2 heteroatoms. The summed E-state index contributed by atoms with van der Waals surface area (Å²) in [6, 6.07) is 0.543. The van der Waals surface area contributed by atoms with E-state index in [0.29, 0.717) is 12.0 Å². The molecule has 1 aliphatic rings. The lowest BCUT2D eigenvalue weighted by Gasteiger charge is -2.54. The Morgan fingerprint density at radius 1 is 1.19 bits per heavy atom. The van der Waals surface area contributed by atoms with Crippen molar-refractivity contribution in [2.75, 3.05) is 26.2 Å². The fraction of sp³-hybridized carbons (Fsp3) is 0.684. The van der Waals surface area contributed by atoms with Crippen LogP contribution in [0.2, 0.25) is 0 Å². The highest BCUT2D eigenvalue weighted by Gasteiger charge is 2.49. The first-order valence-electron chi connectivity index (χ1n) is 8.44. The zero-order valence-corrected chi connectivity index (χ0v) is 14.4. The summed E-state index contributed by atoms with van der Waals surface area (Å²) in [4.78, 5) is 0. The van der Waals surface area contributed by atoms with Gasteiger partial charge < -0.3 is 9.80 Å². The number of hydrogen-bond donors (Lipinski definition) is 1. The van der Waals surface area contributed by atoms with Gasteiger partial charge in [0, 0.05) is 0 Å². The van der Waals surface area contributed by atoms with Crippen LogP contribution in [0.3, 0.4) is 0 Å². The van der Waals surface area contributed by atoms with E-state index in [0.717, 1.165) is 37.1 Å². The van der Waals surface area contributed by atoms with Gasteiger partial charge in [-0.2, -0.15) is 0 Å². The molecular formula is C19H35N2+. The molecule has 1 heterocycles. The fourth-order valence-electron chi connectivity index (χ4n) is 4.44. The summed E-state index contributed by atoms with van der Waals surface area (Å²) in [5.74, 6) is 0.688. The maximum absolute atomic E-state index is 4.01. The van der Waals surface area contributed by atoms with Crippen molar-refractivity contribution in [1.29, 1.82) is 0 Å². The highest BCUT2D eigenvalue weighted by Crippen LogP contribution is 2.36. The number of hydrogen-bond acceptors (Lipinski definition) is 1. The zero-order valence-electron chi connectivity index (χ0n) is 14.4. The van der Waals surface area contributed by atoms with Crippen molar-refractivity contribution < 1.29 is 4.48 Å². The first-order chi connectivity index (χ1) is 10.0. The monoisotopic (exact) mass is 291 g/mol. The number of nitrogens with zero attached hydrogens (tertiary/aromatic N) is 1. The minimum Gasteiger partial charge on any atom is -0.310 e. The third-order valence-electron chi connectivity index (χ3n) is 5.56. The first kappa shape index (κ1) is 18.2. The standard InChI is InChI=1S/C19H35N2/c1-7-14-21(15-8-2,16-9-3)18(10-4)19(6)17(5)12-11-13-20-19/h7-9,17-18,20H,1-3,10-16H2,4-6H3/q+1. The van der Waals surface area contributed by atoms with Gasteiger partial charge in [-0.25, -0.2) is 0 Å². The van der Waals surface area contributed by atoms with Crippen LogP contribution in [-0.2, 0) is 0 Å². The summed E-state index contributed by atoms with van der Waals surface area (Å²) in [5.41, 5.74) is 0.169. The van der Waals surface area contributed by atoms with Gasteiger partial charge in [0.1, 0.15) is 6.04 Å². The average Bonchev–Trinajstić information content (AvgIpc) is 2.44. The molecule has 3 unspecified atom stereocenters. The van der Waals surface area contributed by atoms with Gasteiger partial charge in [-0.3, -0.25) is 0 Å². The lowest BCUT2D eigenvalue weighted by Crippen LogP contribution is -2.71. The van der Waals surface area contributed by atoms with E-state index in [4.69, 9.17) is 0 Å². The van der Waals surface area contributed by atoms with Gasteiger partial charge in [-0.05, 0) is 56.9 Å². The van der Waals surface area contributed by atoms with Crippen LogP contribution in [0.4, 0.5) is 0 Å². The molecule has 1 fully saturated rings. The van der Waals surface area contributed by atoms with Crippen molar-refractivity contribution in [3.05, 3.63) is 38.0 Å². The molecule has 0 spiro atoms.